The van der Waals surface area contributed by atoms with Crippen LogP contribution in [0.4, 0.5) is 0 Å². The Hall–Kier alpha value is -1.21. The van der Waals surface area contributed by atoms with Crippen molar-refractivity contribution in [2.75, 3.05) is 0 Å². The van der Waals surface area contributed by atoms with Gasteiger partial charge in [0.05, 0.1) is 0 Å². The Morgan fingerprint density at radius 3 is 1.80 bits per heavy atom. The molecule has 2 aromatic rings. The van der Waals surface area contributed by atoms with Gasteiger partial charge in [0.25, 0.3) is 0 Å². The van der Waals surface area contributed by atoms with E-state index in [2.05, 4.69) is 48.5 Å². The first-order valence-corrected chi connectivity index (χ1v) is 5.66. The molecule has 0 heterocycles. The summed E-state index contributed by atoms with van der Waals surface area (Å²) in [6.45, 7) is 0. The zero-order chi connectivity index (χ0) is 10.5. The van der Waals surface area contributed by atoms with Gasteiger partial charge in [-0.15, -0.1) is 0 Å². The smallest absolute Gasteiger partial charge is 0.0288 e. The van der Waals surface area contributed by atoms with E-state index in [1.807, 2.05) is 6.07 Å². The van der Waals surface area contributed by atoms with Crippen LogP contribution in [0.5, 0.6) is 0 Å². The molecule has 0 aromatic heterocycles. The van der Waals surface area contributed by atoms with E-state index in [9.17, 15) is 0 Å². The maximum atomic E-state index is 4.99. The number of hydrogen-bond acceptors (Lipinski definition) is 0. The Morgan fingerprint density at radius 2 is 1.20 bits per heavy atom. The number of hydrogen-bond donors (Lipinski definition) is 0. The summed E-state index contributed by atoms with van der Waals surface area (Å²) in [5.74, 6) is 0.700. The molecule has 0 spiro atoms. The van der Waals surface area contributed by atoms with Crippen LogP contribution < -0.4 is 0 Å². The predicted molar refractivity (Wildman–Crippen MR) is 67.0 cm³/mol. The molecular formula is C14H13S. The van der Waals surface area contributed by atoms with Crippen molar-refractivity contribution < 1.29 is 0 Å². The Bertz CT molecular complexity index is 403. The molecule has 0 saturated carbocycles. The molecule has 0 amide bonds. The monoisotopic (exact) mass is 213 g/mol. The van der Waals surface area contributed by atoms with Crippen LogP contribution in [-0.4, -0.2) is 0 Å². The van der Waals surface area contributed by atoms with Crippen molar-refractivity contribution in [3.63, 3.8) is 0 Å². The summed E-state index contributed by atoms with van der Waals surface area (Å²) in [5, 5.41) is 0. The van der Waals surface area contributed by atoms with Crippen molar-refractivity contribution >= 4 is 12.6 Å². The standard InChI is InChI=1S/C14H13S/c15-11-14-8-6-13(7-9-14)10-12-4-2-1-3-5-12/h1-9H,10-11H2. The second kappa shape index (κ2) is 5.04. The SMILES string of the molecule is [S]Cc1ccc(Cc2ccccc2)cc1. The van der Waals surface area contributed by atoms with Crippen LogP contribution in [0.1, 0.15) is 16.7 Å². The molecule has 0 bridgehead atoms. The molecule has 0 fully saturated rings. The second-order valence-electron chi connectivity index (χ2n) is 3.62. The summed E-state index contributed by atoms with van der Waals surface area (Å²) in [7, 11) is 0. The first-order chi connectivity index (χ1) is 7.38. The molecule has 0 unspecified atom stereocenters. The molecule has 0 saturated heterocycles. The molecule has 0 nitrogen and oxygen atoms in total. The minimum atomic E-state index is 0.700. The Labute approximate surface area is 96.4 Å². The van der Waals surface area contributed by atoms with Gasteiger partial charge in [0.15, 0.2) is 0 Å². The third-order valence-electron chi connectivity index (χ3n) is 2.44. The fourth-order valence-corrected chi connectivity index (χ4v) is 1.78. The maximum Gasteiger partial charge on any atom is 0.0288 e. The van der Waals surface area contributed by atoms with E-state index < -0.39 is 0 Å². The summed E-state index contributed by atoms with van der Waals surface area (Å²) in [4.78, 5) is 0. The highest BCUT2D eigenvalue weighted by Crippen LogP contribution is 2.11. The third kappa shape index (κ3) is 2.87. The van der Waals surface area contributed by atoms with Gasteiger partial charge in [-0.1, -0.05) is 67.2 Å². The van der Waals surface area contributed by atoms with E-state index in [1.54, 1.807) is 0 Å². The van der Waals surface area contributed by atoms with Gasteiger partial charge in [-0.05, 0) is 23.1 Å². The van der Waals surface area contributed by atoms with Gasteiger partial charge in [0.2, 0.25) is 0 Å². The summed E-state index contributed by atoms with van der Waals surface area (Å²) in [6.07, 6.45) is 0.999. The minimum absolute atomic E-state index is 0.700. The van der Waals surface area contributed by atoms with Gasteiger partial charge in [-0.2, -0.15) is 0 Å². The van der Waals surface area contributed by atoms with Crippen LogP contribution in [0.15, 0.2) is 54.6 Å². The van der Waals surface area contributed by atoms with Gasteiger partial charge in [0.1, 0.15) is 0 Å². The lowest BCUT2D eigenvalue weighted by Crippen LogP contribution is -1.87. The fraction of sp³-hybridized carbons (Fsp3) is 0.143. The summed E-state index contributed by atoms with van der Waals surface area (Å²) >= 11 is 4.99. The first kappa shape index (κ1) is 10.3. The van der Waals surface area contributed by atoms with Crippen molar-refractivity contribution in [2.24, 2.45) is 0 Å². The molecule has 0 aliphatic carbocycles. The Balaban J connectivity index is 2.11. The zero-order valence-electron chi connectivity index (χ0n) is 8.52. The van der Waals surface area contributed by atoms with Crippen LogP contribution >= 0.6 is 12.6 Å². The highest BCUT2D eigenvalue weighted by atomic mass is 32.1. The largest absolute Gasteiger partial charge is 0.0890 e. The van der Waals surface area contributed by atoms with E-state index >= 15 is 0 Å². The topological polar surface area (TPSA) is 0 Å². The lowest BCUT2D eigenvalue weighted by molar-refractivity contribution is 1.18. The van der Waals surface area contributed by atoms with Crippen LogP contribution in [0, 0.1) is 0 Å². The molecule has 1 radical (unpaired) electrons. The lowest BCUT2D eigenvalue weighted by atomic mass is 10.0. The number of rotatable bonds is 3. The highest BCUT2D eigenvalue weighted by Gasteiger charge is 1.95. The molecule has 0 atom stereocenters. The van der Waals surface area contributed by atoms with Gasteiger partial charge < -0.3 is 0 Å². The Kier molecular flexibility index (Phi) is 3.46. The lowest BCUT2D eigenvalue weighted by Gasteiger charge is -2.02. The molecule has 0 N–H and O–H groups in total. The average Bonchev–Trinajstić information content (AvgIpc) is 2.31. The second-order valence-corrected chi connectivity index (χ2v) is 3.91. The van der Waals surface area contributed by atoms with E-state index in [0.717, 1.165) is 6.42 Å². The van der Waals surface area contributed by atoms with Crippen molar-refractivity contribution in [3.8, 4) is 0 Å². The maximum absolute atomic E-state index is 4.99. The molecule has 75 valence electrons. The molecule has 0 aliphatic heterocycles. The molecule has 2 rings (SSSR count). The van der Waals surface area contributed by atoms with Crippen molar-refractivity contribution in [1.29, 1.82) is 0 Å². The normalized spacial score (nSPS) is 10.2. The molecule has 0 aliphatic rings. The van der Waals surface area contributed by atoms with Gasteiger partial charge >= 0.3 is 0 Å². The van der Waals surface area contributed by atoms with Crippen molar-refractivity contribution in [1.82, 2.24) is 0 Å². The third-order valence-corrected chi connectivity index (χ3v) is 2.77. The quantitative estimate of drug-likeness (QED) is 0.723. The fourth-order valence-electron chi connectivity index (χ4n) is 1.58. The summed E-state index contributed by atoms with van der Waals surface area (Å²) in [5.41, 5.74) is 3.92. The van der Waals surface area contributed by atoms with E-state index in [-0.39, 0.29) is 0 Å². The van der Waals surface area contributed by atoms with Gasteiger partial charge in [-0.3, -0.25) is 0 Å². The van der Waals surface area contributed by atoms with Gasteiger partial charge in [0, 0.05) is 5.75 Å². The molecule has 2 aromatic carbocycles. The number of benzene rings is 2. The minimum Gasteiger partial charge on any atom is -0.0890 e. The Morgan fingerprint density at radius 1 is 0.667 bits per heavy atom. The molecular weight excluding hydrogens is 200 g/mol. The van der Waals surface area contributed by atoms with Crippen LogP contribution in [0.2, 0.25) is 0 Å². The molecule has 1 heteroatoms. The average molecular weight is 213 g/mol. The van der Waals surface area contributed by atoms with Crippen LogP contribution in [0.3, 0.4) is 0 Å². The first-order valence-electron chi connectivity index (χ1n) is 5.08. The van der Waals surface area contributed by atoms with Crippen molar-refractivity contribution in [3.05, 3.63) is 71.3 Å². The van der Waals surface area contributed by atoms with E-state index in [4.69, 9.17) is 12.6 Å². The predicted octanol–water partition coefficient (Wildman–Crippen LogP) is 3.97. The van der Waals surface area contributed by atoms with Gasteiger partial charge in [-0.25, -0.2) is 0 Å². The van der Waals surface area contributed by atoms with Crippen LogP contribution in [-0.2, 0) is 12.2 Å². The van der Waals surface area contributed by atoms with E-state index in [0.29, 0.717) is 5.75 Å². The van der Waals surface area contributed by atoms with Crippen molar-refractivity contribution in [2.45, 2.75) is 12.2 Å². The zero-order valence-corrected chi connectivity index (χ0v) is 9.34. The van der Waals surface area contributed by atoms with Crippen LogP contribution in [0.25, 0.3) is 0 Å². The summed E-state index contributed by atoms with van der Waals surface area (Å²) < 4.78 is 0. The highest BCUT2D eigenvalue weighted by molar-refractivity contribution is 7.79. The summed E-state index contributed by atoms with van der Waals surface area (Å²) in [6, 6.07) is 19.1. The molecule has 15 heavy (non-hydrogen) atoms. The van der Waals surface area contributed by atoms with E-state index in [1.165, 1.54) is 16.7 Å².